The zero-order valence-corrected chi connectivity index (χ0v) is 11.6. The van der Waals surface area contributed by atoms with Gasteiger partial charge in [-0.05, 0) is 19.1 Å². The third kappa shape index (κ3) is 5.23. The maximum Gasteiger partial charge on any atom is 0.326 e. The van der Waals surface area contributed by atoms with Crippen LogP contribution in [0, 0.1) is 0 Å². The molecule has 0 heterocycles. The largest absolute Gasteiger partial charge is 0.480 e. The molecule has 0 spiro atoms. The van der Waals surface area contributed by atoms with E-state index in [1.54, 1.807) is 30.3 Å². The van der Waals surface area contributed by atoms with Gasteiger partial charge in [0.1, 0.15) is 12.1 Å². The number of carbonyl (C=O) groups is 3. The number of aliphatic carboxylic acids is 1. The lowest BCUT2D eigenvalue weighted by molar-refractivity contribution is -0.142. The summed E-state index contributed by atoms with van der Waals surface area (Å²) in [5, 5.41) is 22.4. The first-order chi connectivity index (χ1) is 9.95. The van der Waals surface area contributed by atoms with Crippen molar-refractivity contribution in [1.29, 1.82) is 0 Å². The van der Waals surface area contributed by atoms with Crippen LogP contribution in [0.1, 0.15) is 23.7 Å². The Kier molecular flexibility index (Phi) is 6.35. The molecule has 4 N–H and O–H groups in total. The number of rotatable bonds is 7. The van der Waals surface area contributed by atoms with E-state index < -0.39 is 29.9 Å². The Morgan fingerprint density at radius 1 is 1.14 bits per heavy atom. The first-order valence-electron chi connectivity index (χ1n) is 6.45. The second-order valence-corrected chi connectivity index (χ2v) is 4.47. The Bertz CT molecular complexity index is 503. The summed E-state index contributed by atoms with van der Waals surface area (Å²) in [7, 11) is 0. The van der Waals surface area contributed by atoms with Crippen molar-refractivity contribution in [3.05, 3.63) is 35.9 Å². The summed E-state index contributed by atoms with van der Waals surface area (Å²) in [6.45, 7) is 1.09. The smallest absolute Gasteiger partial charge is 0.326 e. The molecule has 0 aliphatic heterocycles. The quantitative estimate of drug-likeness (QED) is 0.554. The number of amides is 2. The van der Waals surface area contributed by atoms with Crippen LogP contribution in [-0.2, 0) is 9.59 Å². The lowest BCUT2D eigenvalue weighted by atomic mass is 10.1. The highest BCUT2D eigenvalue weighted by molar-refractivity contribution is 5.97. The molecule has 0 aliphatic carbocycles. The standard InChI is InChI=1S/C14H18N2O5/c1-9(12(18)16-11(7-8-17)14(20)21)15-13(19)10-5-3-2-4-6-10/h2-6,9,11,17H,7-8H2,1H3,(H,15,19)(H,16,18)(H,20,21). The lowest BCUT2D eigenvalue weighted by Gasteiger charge is -2.18. The molecule has 1 aromatic carbocycles. The molecule has 0 radical (unpaired) electrons. The van der Waals surface area contributed by atoms with Gasteiger partial charge in [-0.2, -0.15) is 0 Å². The van der Waals surface area contributed by atoms with Gasteiger partial charge in [0.05, 0.1) is 0 Å². The van der Waals surface area contributed by atoms with Gasteiger partial charge in [0.15, 0.2) is 0 Å². The Morgan fingerprint density at radius 3 is 2.29 bits per heavy atom. The minimum absolute atomic E-state index is 0.0968. The zero-order chi connectivity index (χ0) is 15.8. The van der Waals surface area contributed by atoms with Crippen LogP contribution < -0.4 is 10.6 Å². The molecule has 7 nitrogen and oxygen atoms in total. The minimum Gasteiger partial charge on any atom is -0.480 e. The SMILES string of the molecule is CC(NC(=O)c1ccccc1)C(=O)NC(CCO)C(=O)O. The molecule has 0 fully saturated rings. The molecule has 2 amide bonds. The highest BCUT2D eigenvalue weighted by atomic mass is 16.4. The van der Waals surface area contributed by atoms with Crippen LogP contribution in [0.2, 0.25) is 0 Å². The predicted octanol–water partition coefficient (Wildman–Crippen LogP) is -0.243. The van der Waals surface area contributed by atoms with Crippen LogP contribution in [0.5, 0.6) is 0 Å². The third-order valence-corrected chi connectivity index (χ3v) is 2.81. The molecule has 114 valence electrons. The van der Waals surface area contributed by atoms with Gasteiger partial charge in [-0.15, -0.1) is 0 Å². The maximum atomic E-state index is 11.9. The van der Waals surface area contributed by atoms with Crippen molar-refractivity contribution in [3.8, 4) is 0 Å². The van der Waals surface area contributed by atoms with Crippen molar-refractivity contribution in [2.45, 2.75) is 25.4 Å². The van der Waals surface area contributed by atoms with E-state index in [9.17, 15) is 14.4 Å². The number of benzene rings is 1. The summed E-state index contributed by atoms with van der Waals surface area (Å²) >= 11 is 0. The zero-order valence-electron chi connectivity index (χ0n) is 11.6. The fourth-order valence-electron chi connectivity index (χ4n) is 1.62. The number of carboxylic acid groups (broad SMARTS) is 1. The summed E-state index contributed by atoms with van der Waals surface area (Å²) in [5.41, 5.74) is 0.405. The monoisotopic (exact) mass is 294 g/mol. The van der Waals surface area contributed by atoms with Crippen molar-refractivity contribution >= 4 is 17.8 Å². The van der Waals surface area contributed by atoms with Crippen molar-refractivity contribution in [3.63, 3.8) is 0 Å². The van der Waals surface area contributed by atoms with Crippen LogP contribution in [-0.4, -0.2) is 46.7 Å². The minimum atomic E-state index is -1.24. The maximum absolute atomic E-state index is 11.9. The van der Waals surface area contributed by atoms with E-state index in [4.69, 9.17) is 10.2 Å². The van der Waals surface area contributed by atoms with E-state index in [1.807, 2.05) is 0 Å². The molecule has 2 atom stereocenters. The van der Waals surface area contributed by atoms with Gasteiger partial charge < -0.3 is 20.8 Å². The molecule has 21 heavy (non-hydrogen) atoms. The second kappa shape index (κ2) is 8.01. The number of carboxylic acids is 1. The second-order valence-electron chi connectivity index (χ2n) is 4.47. The Labute approximate surface area is 122 Å². The number of aliphatic hydroxyl groups is 1. The van der Waals surface area contributed by atoms with E-state index in [1.165, 1.54) is 6.92 Å². The molecule has 0 saturated heterocycles. The first-order valence-corrected chi connectivity index (χ1v) is 6.45. The molecule has 0 saturated carbocycles. The van der Waals surface area contributed by atoms with Gasteiger partial charge >= 0.3 is 5.97 Å². The van der Waals surface area contributed by atoms with E-state index >= 15 is 0 Å². The lowest BCUT2D eigenvalue weighted by Crippen LogP contribution is -2.50. The van der Waals surface area contributed by atoms with Crippen LogP contribution in [0.25, 0.3) is 0 Å². The van der Waals surface area contributed by atoms with Crippen molar-refractivity contribution in [2.24, 2.45) is 0 Å². The number of nitrogens with one attached hydrogen (secondary N) is 2. The normalized spacial score (nSPS) is 13.0. The average Bonchev–Trinajstić information content (AvgIpc) is 2.47. The van der Waals surface area contributed by atoms with Gasteiger partial charge in [-0.25, -0.2) is 4.79 Å². The third-order valence-electron chi connectivity index (χ3n) is 2.81. The number of hydrogen-bond acceptors (Lipinski definition) is 4. The number of hydrogen-bond donors (Lipinski definition) is 4. The molecule has 0 aliphatic rings. The Hall–Kier alpha value is -2.41. The van der Waals surface area contributed by atoms with Crippen molar-refractivity contribution in [2.75, 3.05) is 6.61 Å². The van der Waals surface area contributed by atoms with Gasteiger partial charge in [0.2, 0.25) is 5.91 Å². The van der Waals surface area contributed by atoms with Crippen molar-refractivity contribution in [1.82, 2.24) is 10.6 Å². The van der Waals surface area contributed by atoms with E-state index in [2.05, 4.69) is 10.6 Å². The molecule has 7 heteroatoms. The summed E-state index contributed by atoms with van der Waals surface area (Å²) in [6.07, 6.45) is -0.0968. The number of carbonyl (C=O) groups excluding carboxylic acids is 2. The molecular weight excluding hydrogens is 276 g/mol. The van der Waals surface area contributed by atoms with Crippen LogP contribution in [0.15, 0.2) is 30.3 Å². The van der Waals surface area contributed by atoms with E-state index in [0.29, 0.717) is 5.56 Å². The van der Waals surface area contributed by atoms with Crippen LogP contribution in [0.4, 0.5) is 0 Å². The van der Waals surface area contributed by atoms with Gasteiger partial charge in [0, 0.05) is 18.6 Å². The first kappa shape index (κ1) is 16.6. The summed E-state index contributed by atoms with van der Waals surface area (Å²) in [6, 6.07) is 6.29. The highest BCUT2D eigenvalue weighted by Gasteiger charge is 2.23. The molecule has 1 rings (SSSR count). The molecule has 1 aromatic rings. The fourth-order valence-corrected chi connectivity index (χ4v) is 1.62. The van der Waals surface area contributed by atoms with Crippen LogP contribution in [0.3, 0.4) is 0 Å². The topological polar surface area (TPSA) is 116 Å². The molecular formula is C14H18N2O5. The summed E-state index contributed by atoms with van der Waals surface area (Å²) in [5.74, 6) is -2.29. The predicted molar refractivity (Wildman–Crippen MR) is 74.6 cm³/mol. The van der Waals surface area contributed by atoms with Crippen LogP contribution >= 0.6 is 0 Å². The Morgan fingerprint density at radius 2 is 1.76 bits per heavy atom. The van der Waals surface area contributed by atoms with E-state index in [0.717, 1.165) is 0 Å². The van der Waals surface area contributed by atoms with Gasteiger partial charge in [-0.1, -0.05) is 18.2 Å². The molecule has 0 aromatic heterocycles. The average molecular weight is 294 g/mol. The molecule has 0 bridgehead atoms. The summed E-state index contributed by atoms with van der Waals surface area (Å²) < 4.78 is 0. The number of aliphatic hydroxyl groups excluding tert-OH is 1. The van der Waals surface area contributed by atoms with E-state index in [-0.39, 0.29) is 13.0 Å². The molecule has 2 unspecified atom stereocenters. The van der Waals surface area contributed by atoms with Crippen molar-refractivity contribution < 1.29 is 24.6 Å². The van der Waals surface area contributed by atoms with Gasteiger partial charge in [0.25, 0.3) is 5.91 Å². The highest BCUT2D eigenvalue weighted by Crippen LogP contribution is 1.99. The Balaban J connectivity index is 2.58. The fraction of sp³-hybridized carbons (Fsp3) is 0.357. The summed E-state index contributed by atoms with van der Waals surface area (Å²) in [4.78, 5) is 34.6. The van der Waals surface area contributed by atoms with Gasteiger partial charge in [-0.3, -0.25) is 9.59 Å².